The lowest BCUT2D eigenvalue weighted by molar-refractivity contribution is -0.645. The molecule has 1 aliphatic heterocycles. The van der Waals surface area contributed by atoms with Crippen molar-refractivity contribution >= 4 is 23.6 Å². The Morgan fingerprint density at radius 1 is 0.886 bits per heavy atom. The number of carbonyl (C=O) groups is 2. The quantitative estimate of drug-likeness (QED) is 0.111. The number of aromatic nitrogens is 1. The second-order valence-electron chi connectivity index (χ2n) is 10.5. The third-order valence-corrected chi connectivity index (χ3v) is 8.45. The van der Waals surface area contributed by atoms with Crippen LogP contribution >= 0.6 is 11.8 Å². The van der Waals surface area contributed by atoms with Gasteiger partial charge in [0.05, 0.1) is 25.2 Å². The van der Waals surface area contributed by atoms with Gasteiger partial charge in [0.2, 0.25) is 5.91 Å². The maximum absolute atomic E-state index is 12.2. The fourth-order valence-corrected chi connectivity index (χ4v) is 5.89. The number of thioether (sulfide) groups is 1. The van der Waals surface area contributed by atoms with Crippen molar-refractivity contribution in [1.29, 1.82) is 0 Å². The topological polar surface area (TPSA) is 132 Å². The minimum atomic E-state index is -1.00. The summed E-state index contributed by atoms with van der Waals surface area (Å²) in [5.74, 6) is -0.746. The monoisotopic (exact) mass is 614 g/mol. The molecule has 0 saturated carbocycles. The maximum Gasteiger partial charge on any atom is 0.303 e. The number of aliphatic hydroxyl groups is 1. The molecule has 5 rings (SSSR count). The van der Waals surface area contributed by atoms with Crippen LogP contribution in [0, 0.1) is 5.21 Å². The Labute approximate surface area is 260 Å². The molecule has 3 N–H and O–H groups in total. The summed E-state index contributed by atoms with van der Waals surface area (Å²) in [6.45, 7) is 0.260. The number of nitrogens with zero attached hydrogens (tertiary/aromatic N) is 1. The summed E-state index contributed by atoms with van der Waals surface area (Å²) in [6, 6.07) is 28.8. The van der Waals surface area contributed by atoms with Gasteiger partial charge >= 0.3 is 5.97 Å². The lowest BCUT2D eigenvalue weighted by Crippen LogP contribution is -2.32. The van der Waals surface area contributed by atoms with Gasteiger partial charge in [-0.25, -0.2) is 0 Å². The molecule has 3 unspecified atom stereocenters. The van der Waals surface area contributed by atoms with Crippen LogP contribution in [-0.2, 0) is 32.2 Å². The fourth-order valence-electron chi connectivity index (χ4n) is 4.96. The van der Waals surface area contributed by atoms with E-state index in [2.05, 4.69) is 5.32 Å². The number of aliphatic hydroxyl groups excluding tert-OH is 1. The van der Waals surface area contributed by atoms with E-state index in [0.717, 1.165) is 38.1 Å². The molecule has 2 heterocycles. The van der Waals surface area contributed by atoms with Gasteiger partial charge in [-0.05, 0) is 46.0 Å². The molecule has 0 aliphatic carbocycles. The molecule has 1 saturated heterocycles. The molecule has 1 aliphatic rings. The van der Waals surface area contributed by atoms with Gasteiger partial charge in [-0.2, -0.15) is 4.73 Å². The Morgan fingerprint density at radius 2 is 1.66 bits per heavy atom. The molecule has 10 heteroatoms. The SMILES string of the molecule is O=C(O)CCC(=O)NCc1cccc(-c2cccc(C3OC(CSc4cccc[n+]4[O-])CC(c4ccc(CO)cc4)O3)c2)c1. The molecule has 1 amide bonds. The number of hydrogen-bond donors (Lipinski definition) is 3. The standard InChI is InChI=1S/C34H34N2O7S/c37-21-23-10-12-25(13-11-23)30-19-29(22-44-32-9-1-2-16-36(32)41)42-34(43-30)28-8-4-7-27(18-28)26-6-3-5-24(17-26)20-35-31(38)14-15-33(39)40/h1-13,16-18,29-30,34,37H,14-15,19-22H2,(H,35,38)(H,39,40). The highest BCUT2D eigenvalue weighted by Gasteiger charge is 2.33. The molecule has 0 radical (unpaired) electrons. The molecule has 228 valence electrons. The van der Waals surface area contributed by atoms with E-state index in [4.69, 9.17) is 14.6 Å². The molecular weight excluding hydrogens is 580 g/mol. The van der Waals surface area contributed by atoms with Gasteiger partial charge in [-0.15, -0.1) is 0 Å². The lowest BCUT2D eigenvalue weighted by Gasteiger charge is -2.36. The van der Waals surface area contributed by atoms with Crippen LogP contribution in [0.3, 0.4) is 0 Å². The zero-order chi connectivity index (χ0) is 30.9. The highest BCUT2D eigenvalue weighted by atomic mass is 32.2. The number of benzene rings is 3. The van der Waals surface area contributed by atoms with Gasteiger partial charge in [0.25, 0.3) is 5.03 Å². The van der Waals surface area contributed by atoms with E-state index in [-0.39, 0.29) is 37.6 Å². The largest absolute Gasteiger partial charge is 0.618 e. The van der Waals surface area contributed by atoms with Crippen molar-refractivity contribution in [3.05, 3.63) is 125 Å². The summed E-state index contributed by atoms with van der Waals surface area (Å²) in [5, 5.41) is 33.9. The van der Waals surface area contributed by atoms with Gasteiger partial charge in [-0.1, -0.05) is 72.4 Å². The van der Waals surface area contributed by atoms with Gasteiger partial charge in [0.1, 0.15) is 0 Å². The smallest absolute Gasteiger partial charge is 0.303 e. The van der Waals surface area contributed by atoms with Gasteiger partial charge < -0.3 is 30.2 Å². The number of ether oxygens (including phenoxy) is 2. The summed E-state index contributed by atoms with van der Waals surface area (Å²) in [7, 11) is 0. The lowest BCUT2D eigenvalue weighted by atomic mass is 9.99. The molecule has 3 atom stereocenters. The highest BCUT2D eigenvalue weighted by Crippen LogP contribution is 2.40. The molecule has 0 spiro atoms. The van der Waals surface area contributed by atoms with E-state index in [1.165, 1.54) is 18.0 Å². The predicted molar refractivity (Wildman–Crippen MR) is 165 cm³/mol. The van der Waals surface area contributed by atoms with E-state index < -0.39 is 12.3 Å². The van der Waals surface area contributed by atoms with Crippen LogP contribution < -0.4 is 10.0 Å². The van der Waals surface area contributed by atoms with Crippen LogP contribution in [0.5, 0.6) is 0 Å². The molecule has 3 aromatic carbocycles. The molecule has 1 fully saturated rings. The first-order valence-corrected chi connectivity index (χ1v) is 15.4. The van der Waals surface area contributed by atoms with Gasteiger partial charge in [0, 0.05) is 42.8 Å². The van der Waals surface area contributed by atoms with Gasteiger partial charge in [-0.3, -0.25) is 9.59 Å². The number of hydrogen-bond acceptors (Lipinski definition) is 7. The Balaban J connectivity index is 1.33. The first-order valence-electron chi connectivity index (χ1n) is 14.4. The number of aliphatic carboxylic acids is 1. The Morgan fingerprint density at radius 3 is 2.41 bits per heavy atom. The molecule has 1 aromatic heterocycles. The minimum Gasteiger partial charge on any atom is -0.618 e. The number of amides is 1. The Bertz CT molecular complexity index is 1580. The van der Waals surface area contributed by atoms with Crippen LogP contribution in [0.15, 0.2) is 102 Å². The Hall–Kier alpha value is -4.22. The Kier molecular flexibility index (Phi) is 10.6. The number of carboxylic acids is 1. The molecule has 4 aromatic rings. The highest BCUT2D eigenvalue weighted by molar-refractivity contribution is 7.99. The fraction of sp³-hybridized carbons (Fsp3) is 0.265. The van der Waals surface area contributed by atoms with Crippen LogP contribution in [0.25, 0.3) is 11.1 Å². The molecule has 44 heavy (non-hydrogen) atoms. The van der Waals surface area contributed by atoms with Crippen molar-refractivity contribution in [3.63, 3.8) is 0 Å². The first kappa shape index (κ1) is 31.2. The van der Waals surface area contributed by atoms with Crippen molar-refractivity contribution in [2.45, 2.75) is 55.9 Å². The maximum atomic E-state index is 12.2. The minimum absolute atomic E-state index is 0.0336. The van der Waals surface area contributed by atoms with Gasteiger partial charge in [0.15, 0.2) is 12.5 Å². The number of rotatable bonds is 12. The average Bonchev–Trinajstić information content (AvgIpc) is 3.06. The van der Waals surface area contributed by atoms with E-state index in [9.17, 15) is 19.9 Å². The number of carboxylic acid groups (broad SMARTS) is 1. The molecule has 0 bridgehead atoms. The predicted octanol–water partition coefficient (Wildman–Crippen LogP) is 5.30. The normalized spacial score (nSPS) is 18.1. The zero-order valence-corrected chi connectivity index (χ0v) is 24.8. The first-order chi connectivity index (χ1) is 21.4. The second-order valence-corrected chi connectivity index (χ2v) is 11.6. The van der Waals surface area contributed by atoms with Crippen molar-refractivity contribution in [2.24, 2.45) is 0 Å². The summed E-state index contributed by atoms with van der Waals surface area (Å²) >= 11 is 1.44. The van der Waals surface area contributed by atoms with Crippen LogP contribution in [-0.4, -0.2) is 33.9 Å². The van der Waals surface area contributed by atoms with E-state index >= 15 is 0 Å². The third-order valence-electron chi connectivity index (χ3n) is 7.30. The second kappa shape index (κ2) is 15.0. The van der Waals surface area contributed by atoms with Crippen LogP contribution in [0.2, 0.25) is 0 Å². The summed E-state index contributed by atoms with van der Waals surface area (Å²) in [5.41, 5.74) is 5.45. The summed E-state index contributed by atoms with van der Waals surface area (Å²) < 4.78 is 13.8. The third kappa shape index (κ3) is 8.45. The van der Waals surface area contributed by atoms with E-state index in [1.807, 2.05) is 78.9 Å². The summed E-state index contributed by atoms with van der Waals surface area (Å²) in [6.07, 6.45) is 0.722. The van der Waals surface area contributed by atoms with E-state index in [0.29, 0.717) is 23.7 Å². The zero-order valence-electron chi connectivity index (χ0n) is 24.0. The van der Waals surface area contributed by atoms with Crippen molar-refractivity contribution in [3.8, 4) is 11.1 Å². The number of nitrogens with one attached hydrogen (secondary N) is 1. The van der Waals surface area contributed by atoms with Crippen molar-refractivity contribution in [1.82, 2.24) is 5.32 Å². The average molecular weight is 615 g/mol. The molecule has 9 nitrogen and oxygen atoms in total. The van der Waals surface area contributed by atoms with Crippen LogP contribution in [0.1, 0.15) is 53.9 Å². The summed E-state index contributed by atoms with van der Waals surface area (Å²) in [4.78, 5) is 22.7. The molecular formula is C34H34N2O7S. The number of carbonyl (C=O) groups excluding carboxylic acids is 1. The van der Waals surface area contributed by atoms with Crippen LogP contribution in [0.4, 0.5) is 0 Å². The van der Waals surface area contributed by atoms with Crippen molar-refractivity contribution < 1.29 is 34.0 Å². The van der Waals surface area contributed by atoms with Crippen molar-refractivity contribution in [2.75, 3.05) is 5.75 Å². The van der Waals surface area contributed by atoms with E-state index in [1.54, 1.807) is 12.1 Å². The number of pyridine rings is 1.